The summed E-state index contributed by atoms with van der Waals surface area (Å²) in [6.45, 7) is 6.85. The number of fused-ring (bicyclic) bond motifs is 1. The van der Waals surface area contributed by atoms with Crippen molar-refractivity contribution >= 4 is 28.2 Å². The van der Waals surface area contributed by atoms with E-state index in [4.69, 9.17) is 5.73 Å². The number of carbonyl (C=O) groups is 1. The molecule has 0 spiro atoms. The second kappa shape index (κ2) is 9.43. The Hall–Kier alpha value is -3.70. The highest BCUT2D eigenvalue weighted by Crippen LogP contribution is 2.28. The lowest BCUT2D eigenvalue weighted by molar-refractivity contribution is 0.0539. The molecule has 0 aliphatic carbocycles. The number of amides is 1. The third kappa shape index (κ3) is 5.04. The fourth-order valence-electron chi connectivity index (χ4n) is 3.89. The SMILES string of the molecule is Cc1cc(Nc2cccc(C(=O)N(Cc3ccccc3)C(C)(C)CN)c2)c2ccccc2n1. The predicted molar refractivity (Wildman–Crippen MR) is 136 cm³/mol. The molecule has 0 radical (unpaired) electrons. The molecule has 5 heteroatoms. The highest BCUT2D eigenvalue weighted by atomic mass is 16.2. The fourth-order valence-corrected chi connectivity index (χ4v) is 3.89. The molecule has 4 rings (SSSR count). The highest BCUT2D eigenvalue weighted by molar-refractivity contribution is 5.97. The first-order valence-corrected chi connectivity index (χ1v) is 11.2. The number of anilines is 2. The summed E-state index contributed by atoms with van der Waals surface area (Å²) >= 11 is 0. The molecule has 3 aromatic carbocycles. The number of rotatable bonds is 7. The van der Waals surface area contributed by atoms with E-state index in [1.54, 1.807) is 0 Å². The zero-order valence-electron chi connectivity index (χ0n) is 19.4. The van der Waals surface area contributed by atoms with Crippen LogP contribution < -0.4 is 11.1 Å². The van der Waals surface area contributed by atoms with E-state index in [2.05, 4.69) is 10.3 Å². The molecule has 0 unspecified atom stereocenters. The van der Waals surface area contributed by atoms with Gasteiger partial charge >= 0.3 is 0 Å². The third-order valence-corrected chi connectivity index (χ3v) is 5.89. The van der Waals surface area contributed by atoms with Crippen LogP contribution in [0.5, 0.6) is 0 Å². The van der Waals surface area contributed by atoms with Gasteiger partial charge < -0.3 is 16.0 Å². The summed E-state index contributed by atoms with van der Waals surface area (Å²) in [5, 5.41) is 4.53. The first-order valence-electron chi connectivity index (χ1n) is 11.2. The van der Waals surface area contributed by atoms with Crippen molar-refractivity contribution in [1.29, 1.82) is 0 Å². The maximum absolute atomic E-state index is 13.7. The number of nitrogens with two attached hydrogens (primary N) is 1. The van der Waals surface area contributed by atoms with Gasteiger partial charge in [-0.25, -0.2) is 0 Å². The van der Waals surface area contributed by atoms with Crippen LogP contribution in [0.2, 0.25) is 0 Å². The largest absolute Gasteiger partial charge is 0.355 e. The number of aryl methyl sites for hydroxylation is 1. The standard InChI is InChI=1S/C28H30N4O/c1-20-16-26(24-14-7-8-15-25(24)30-20)31-23-13-9-12-22(17-23)27(33)32(28(2,3)19-29)18-21-10-5-4-6-11-21/h4-17H,18-19,29H2,1-3H3,(H,30,31). The van der Waals surface area contributed by atoms with Crippen molar-refractivity contribution in [3.8, 4) is 0 Å². The molecule has 168 valence electrons. The molecular formula is C28H30N4O. The number of hydrogen-bond donors (Lipinski definition) is 2. The number of nitrogens with zero attached hydrogens (tertiary/aromatic N) is 2. The molecule has 1 aromatic heterocycles. The van der Waals surface area contributed by atoms with Crippen molar-refractivity contribution in [3.05, 3.63) is 102 Å². The van der Waals surface area contributed by atoms with E-state index in [1.165, 1.54) is 0 Å². The van der Waals surface area contributed by atoms with Crippen LogP contribution in [0.15, 0.2) is 84.9 Å². The fraction of sp³-hybridized carbons (Fsp3) is 0.214. The first-order chi connectivity index (χ1) is 15.9. The van der Waals surface area contributed by atoms with Crippen molar-refractivity contribution < 1.29 is 4.79 Å². The summed E-state index contributed by atoms with van der Waals surface area (Å²) in [7, 11) is 0. The molecule has 0 atom stereocenters. The molecule has 0 fully saturated rings. The monoisotopic (exact) mass is 438 g/mol. The number of aromatic nitrogens is 1. The zero-order valence-corrected chi connectivity index (χ0v) is 19.4. The Morgan fingerprint density at radius 1 is 0.970 bits per heavy atom. The van der Waals surface area contributed by atoms with E-state index in [1.807, 2.05) is 111 Å². The molecule has 5 nitrogen and oxygen atoms in total. The van der Waals surface area contributed by atoms with Crippen molar-refractivity contribution in [1.82, 2.24) is 9.88 Å². The smallest absolute Gasteiger partial charge is 0.254 e. The Morgan fingerprint density at radius 2 is 1.70 bits per heavy atom. The lowest BCUT2D eigenvalue weighted by Crippen LogP contribution is -2.51. The van der Waals surface area contributed by atoms with E-state index in [-0.39, 0.29) is 5.91 Å². The maximum atomic E-state index is 13.7. The highest BCUT2D eigenvalue weighted by Gasteiger charge is 2.30. The number of benzene rings is 3. The van der Waals surface area contributed by atoms with E-state index >= 15 is 0 Å². The van der Waals surface area contributed by atoms with Gasteiger partial charge in [0, 0.05) is 41.1 Å². The Kier molecular flexibility index (Phi) is 6.43. The van der Waals surface area contributed by atoms with Crippen LogP contribution in [0.1, 0.15) is 35.5 Å². The van der Waals surface area contributed by atoms with Crippen molar-refractivity contribution in [2.24, 2.45) is 5.73 Å². The minimum atomic E-state index is -0.491. The first kappa shape index (κ1) is 22.5. The maximum Gasteiger partial charge on any atom is 0.254 e. The molecule has 4 aromatic rings. The van der Waals surface area contributed by atoms with Gasteiger partial charge in [0.1, 0.15) is 0 Å². The molecule has 0 saturated heterocycles. The van der Waals surface area contributed by atoms with E-state index < -0.39 is 5.54 Å². The quantitative estimate of drug-likeness (QED) is 0.390. The van der Waals surface area contributed by atoms with E-state index in [9.17, 15) is 4.79 Å². The summed E-state index contributed by atoms with van der Waals surface area (Å²) in [6.07, 6.45) is 0. The molecule has 33 heavy (non-hydrogen) atoms. The Bertz CT molecular complexity index is 1270. The van der Waals surface area contributed by atoms with Gasteiger partial charge in [0.15, 0.2) is 0 Å². The van der Waals surface area contributed by atoms with Gasteiger partial charge in [-0.15, -0.1) is 0 Å². The van der Waals surface area contributed by atoms with Gasteiger partial charge in [-0.1, -0.05) is 54.6 Å². The second-order valence-electron chi connectivity index (χ2n) is 8.93. The Balaban J connectivity index is 1.65. The second-order valence-corrected chi connectivity index (χ2v) is 8.93. The van der Waals surface area contributed by atoms with Gasteiger partial charge in [0.25, 0.3) is 5.91 Å². The summed E-state index contributed by atoms with van der Waals surface area (Å²) in [5.74, 6) is -0.0475. The number of para-hydroxylation sites is 1. The average Bonchev–Trinajstić information content (AvgIpc) is 2.83. The van der Waals surface area contributed by atoms with Crippen LogP contribution in [0.4, 0.5) is 11.4 Å². The molecular weight excluding hydrogens is 408 g/mol. The minimum Gasteiger partial charge on any atom is -0.355 e. The van der Waals surface area contributed by atoms with Crippen LogP contribution in [0.3, 0.4) is 0 Å². The lowest BCUT2D eigenvalue weighted by atomic mass is 9.99. The van der Waals surface area contributed by atoms with Gasteiger partial charge in [0.2, 0.25) is 0 Å². The lowest BCUT2D eigenvalue weighted by Gasteiger charge is -2.38. The third-order valence-electron chi connectivity index (χ3n) is 5.89. The summed E-state index contributed by atoms with van der Waals surface area (Å²) in [4.78, 5) is 20.1. The van der Waals surface area contributed by atoms with E-state index in [0.717, 1.165) is 33.5 Å². The van der Waals surface area contributed by atoms with Crippen LogP contribution in [-0.4, -0.2) is 27.9 Å². The topological polar surface area (TPSA) is 71.2 Å². The molecule has 0 bridgehead atoms. The van der Waals surface area contributed by atoms with Crippen LogP contribution in [0.25, 0.3) is 10.9 Å². The summed E-state index contributed by atoms with van der Waals surface area (Å²) in [5.41, 5.74) is 10.9. The van der Waals surface area contributed by atoms with Gasteiger partial charge in [0.05, 0.1) is 11.1 Å². The van der Waals surface area contributed by atoms with Crippen molar-refractivity contribution in [2.45, 2.75) is 32.9 Å². The number of pyridine rings is 1. The van der Waals surface area contributed by atoms with Crippen LogP contribution >= 0.6 is 0 Å². The Labute approximate surface area is 195 Å². The molecule has 3 N–H and O–H groups in total. The minimum absolute atomic E-state index is 0.0475. The molecule has 0 aliphatic rings. The summed E-state index contributed by atoms with van der Waals surface area (Å²) in [6, 6.07) is 27.7. The Morgan fingerprint density at radius 3 is 2.45 bits per heavy atom. The molecule has 1 amide bonds. The number of hydrogen-bond acceptors (Lipinski definition) is 4. The van der Waals surface area contributed by atoms with Gasteiger partial charge in [-0.05, 0) is 56.7 Å². The number of carbonyl (C=O) groups excluding carboxylic acids is 1. The molecule has 0 saturated carbocycles. The normalized spacial score (nSPS) is 11.4. The van der Waals surface area contributed by atoms with Gasteiger partial charge in [-0.3, -0.25) is 9.78 Å². The van der Waals surface area contributed by atoms with Crippen molar-refractivity contribution in [3.63, 3.8) is 0 Å². The zero-order chi connectivity index (χ0) is 23.4. The van der Waals surface area contributed by atoms with Gasteiger partial charge in [-0.2, -0.15) is 0 Å². The van der Waals surface area contributed by atoms with Crippen LogP contribution in [0, 0.1) is 6.92 Å². The van der Waals surface area contributed by atoms with Crippen LogP contribution in [-0.2, 0) is 6.54 Å². The number of nitrogens with one attached hydrogen (secondary N) is 1. The van der Waals surface area contributed by atoms with Crippen molar-refractivity contribution in [2.75, 3.05) is 11.9 Å². The molecule has 1 heterocycles. The molecule has 0 aliphatic heterocycles. The summed E-state index contributed by atoms with van der Waals surface area (Å²) < 4.78 is 0. The predicted octanol–water partition coefficient (Wildman–Crippen LogP) is 5.67. The average molecular weight is 439 g/mol. The van der Waals surface area contributed by atoms with E-state index in [0.29, 0.717) is 18.7 Å².